The van der Waals surface area contributed by atoms with Crippen molar-refractivity contribution in [3.05, 3.63) is 17.3 Å². The Morgan fingerprint density at radius 2 is 2.06 bits per heavy atom. The molecule has 0 amide bonds. The number of nitrogens with zero attached hydrogens (tertiary/aromatic N) is 4. The van der Waals surface area contributed by atoms with Crippen molar-refractivity contribution in [3.8, 4) is 0 Å². The Morgan fingerprint density at radius 1 is 1.29 bits per heavy atom. The van der Waals surface area contributed by atoms with Gasteiger partial charge in [0.05, 0.1) is 0 Å². The summed E-state index contributed by atoms with van der Waals surface area (Å²) in [5.41, 5.74) is 5.61. The van der Waals surface area contributed by atoms with Gasteiger partial charge in [0.15, 0.2) is 10.0 Å². The first-order chi connectivity index (χ1) is 7.95. The third-order valence-electron chi connectivity index (χ3n) is 1.54. The molecule has 0 aliphatic heterocycles. The Balaban J connectivity index is 2.32. The van der Waals surface area contributed by atoms with Gasteiger partial charge in [0, 0.05) is 6.07 Å². The summed E-state index contributed by atoms with van der Waals surface area (Å²) in [6.07, 6.45) is -4.55. The van der Waals surface area contributed by atoms with Crippen LogP contribution >= 0.6 is 23.1 Å². The summed E-state index contributed by atoms with van der Waals surface area (Å²) < 4.78 is 37.8. The zero-order valence-corrected chi connectivity index (χ0v) is 9.60. The Hall–Kier alpha value is -1.42. The summed E-state index contributed by atoms with van der Waals surface area (Å²) >= 11 is 2.15. The van der Waals surface area contributed by atoms with E-state index in [-0.39, 0.29) is 5.03 Å². The normalized spacial score (nSPS) is 11.7. The van der Waals surface area contributed by atoms with Gasteiger partial charge in [0.2, 0.25) is 5.95 Å². The van der Waals surface area contributed by atoms with Gasteiger partial charge >= 0.3 is 6.18 Å². The van der Waals surface area contributed by atoms with Crippen LogP contribution in [0.5, 0.6) is 0 Å². The van der Waals surface area contributed by atoms with Gasteiger partial charge in [-0.15, -0.1) is 10.2 Å². The van der Waals surface area contributed by atoms with Gasteiger partial charge in [0.1, 0.15) is 10.5 Å². The highest BCUT2D eigenvalue weighted by Gasteiger charge is 2.33. The van der Waals surface area contributed by atoms with E-state index in [2.05, 4.69) is 20.2 Å². The summed E-state index contributed by atoms with van der Waals surface area (Å²) in [6.45, 7) is 0. The summed E-state index contributed by atoms with van der Waals surface area (Å²) in [5.74, 6) is -0.424. The van der Waals surface area contributed by atoms with Gasteiger partial charge in [-0.05, 0) is 11.8 Å². The second-order valence-corrected chi connectivity index (χ2v) is 4.85. The van der Waals surface area contributed by atoms with E-state index in [1.54, 1.807) is 0 Å². The third-order valence-corrected chi connectivity index (χ3v) is 3.24. The first-order valence-electron chi connectivity index (χ1n) is 4.11. The van der Waals surface area contributed by atoms with Crippen LogP contribution in [0.2, 0.25) is 0 Å². The zero-order valence-electron chi connectivity index (χ0n) is 7.97. The molecule has 0 saturated carbocycles. The molecule has 90 valence electrons. The number of hydrogen-bond acceptors (Lipinski definition) is 7. The van der Waals surface area contributed by atoms with Crippen LogP contribution in [-0.2, 0) is 6.18 Å². The number of hydrogen-bond donors (Lipinski definition) is 1. The van der Waals surface area contributed by atoms with Crippen LogP contribution in [0.1, 0.15) is 5.69 Å². The van der Waals surface area contributed by atoms with Crippen LogP contribution in [-0.4, -0.2) is 20.2 Å². The Kier molecular flexibility index (Phi) is 3.15. The maximum absolute atomic E-state index is 12.4. The maximum Gasteiger partial charge on any atom is 0.433 e. The highest BCUT2D eigenvalue weighted by atomic mass is 32.2. The highest BCUT2D eigenvalue weighted by Crippen LogP contribution is 2.33. The lowest BCUT2D eigenvalue weighted by Gasteiger charge is -2.07. The van der Waals surface area contributed by atoms with Crippen LogP contribution in [0.15, 0.2) is 20.9 Å². The molecule has 5 nitrogen and oxygen atoms in total. The Labute approximate surface area is 101 Å². The smallest absolute Gasteiger partial charge is 0.368 e. The predicted molar refractivity (Wildman–Crippen MR) is 55.5 cm³/mol. The highest BCUT2D eigenvalue weighted by molar-refractivity contribution is 8.00. The van der Waals surface area contributed by atoms with Crippen molar-refractivity contribution >= 4 is 29.0 Å². The fourth-order valence-electron chi connectivity index (χ4n) is 0.937. The second kappa shape index (κ2) is 4.45. The molecule has 2 rings (SSSR count). The summed E-state index contributed by atoms with van der Waals surface area (Å²) in [7, 11) is 0. The zero-order chi connectivity index (χ0) is 12.5. The lowest BCUT2D eigenvalue weighted by atomic mass is 10.4. The molecule has 0 unspecified atom stereocenters. The number of halogens is 3. The average molecular weight is 279 g/mol. The number of aromatic nitrogens is 4. The fraction of sp³-hybridized carbons (Fsp3) is 0.143. The van der Waals surface area contributed by atoms with Crippen molar-refractivity contribution in [1.82, 2.24) is 20.2 Å². The van der Waals surface area contributed by atoms with E-state index in [0.29, 0.717) is 4.34 Å². The molecule has 10 heteroatoms. The minimum Gasteiger partial charge on any atom is -0.368 e. The number of alkyl halides is 3. The molecule has 0 fully saturated rings. The summed E-state index contributed by atoms with van der Waals surface area (Å²) in [6, 6.07) is 0.822. The molecular weight excluding hydrogens is 275 g/mol. The fourth-order valence-corrected chi connectivity index (χ4v) is 2.37. The molecule has 2 aromatic rings. The first kappa shape index (κ1) is 12.0. The number of nitrogen functional groups attached to an aromatic ring is 1. The first-order valence-corrected chi connectivity index (χ1v) is 5.80. The predicted octanol–water partition coefficient (Wildman–Crippen LogP) is 2.08. The van der Waals surface area contributed by atoms with E-state index in [9.17, 15) is 13.2 Å². The van der Waals surface area contributed by atoms with E-state index in [4.69, 9.17) is 5.73 Å². The standard InChI is InChI=1S/C7H4F3N5S2/c8-7(9,10)3-1-4(14-5(11)13-3)17-6-15-12-2-16-6/h1-2H,(H2,11,13,14). The van der Waals surface area contributed by atoms with E-state index in [1.807, 2.05) is 0 Å². The monoisotopic (exact) mass is 279 g/mol. The van der Waals surface area contributed by atoms with Crippen LogP contribution in [0, 0.1) is 0 Å². The van der Waals surface area contributed by atoms with E-state index in [0.717, 1.165) is 17.8 Å². The molecule has 17 heavy (non-hydrogen) atoms. The number of rotatable bonds is 2. The molecule has 2 N–H and O–H groups in total. The molecule has 0 spiro atoms. The van der Waals surface area contributed by atoms with E-state index >= 15 is 0 Å². The topological polar surface area (TPSA) is 77.6 Å². The van der Waals surface area contributed by atoms with Crippen molar-refractivity contribution in [3.63, 3.8) is 0 Å². The molecule has 0 aromatic carbocycles. The minimum absolute atomic E-state index is 0.0848. The van der Waals surface area contributed by atoms with Gasteiger partial charge in [0.25, 0.3) is 0 Å². The van der Waals surface area contributed by atoms with Gasteiger partial charge < -0.3 is 5.73 Å². The Bertz CT molecular complexity index is 513. The molecule has 0 radical (unpaired) electrons. The number of nitrogens with two attached hydrogens (primary N) is 1. The molecular formula is C7H4F3N5S2. The van der Waals surface area contributed by atoms with Gasteiger partial charge in [-0.3, -0.25) is 0 Å². The van der Waals surface area contributed by atoms with Crippen LogP contribution in [0.3, 0.4) is 0 Å². The van der Waals surface area contributed by atoms with Crippen molar-refractivity contribution < 1.29 is 13.2 Å². The molecule has 0 saturated heterocycles. The van der Waals surface area contributed by atoms with Gasteiger partial charge in [-0.1, -0.05) is 11.3 Å². The van der Waals surface area contributed by atoms with Crippen molar-refractivity contribution in [2.75, 3.05) is 5.73 Å². The summed E-state index contributed by atoms with van der Waals surface area (Å²) in [4.78, 5) is 6.82. The lowest BCUT2D eigenvalue weighted by Crippen LogP contribution is -2.11. The minimum atomic E-state index is -4.55. The van der Waals surface area contributed by atoms with Crippen LogP contribution in [0.25, 0.3) is 0 Å². The molecule has 0 bridgehead atoms. The lowest BCUT2D eigenvalue weighted by molar-refractivity contribution is -0.141. The molecule has 2 heterocycles. The molecule has 2 aromatic heterocycles. The third kappa shape index (κ3) is 3.03. The second-order valence-electron chi connectivity index (χ2n) is 2.75. The van der Waals surface area contributed by atoms with Gasteiger partial charge in [-0.2, -0.15) is 13.2 Å². The van der Waals surface area contributed by atoms with E-state index < -0.39 is 17.8 Å². The SMILES string of the molecule is Nc1nc(Sc2nncs2)cc(C(F)(F)F)n1. The van der Waals surface area contributed by atoms with Crippen molar-refractivity contribution in [2.24, 2.45) is 0 Å². The Morgan fingerprint density at radius 3 is 2.65 bits per heavy atom. The van der Waals surface area contributed by atoms with Crippen molar-refractivity contribution in [1.29, 1.82) is 0 Å². The largest absolute Gasteiger partial charge is 0.433 e. The van der Waals surface area contributed by atoms with Gasteiger partial charge in [-0.25, -0.2) is 9.97 Å². The maximum atomic E-state index is 12.4. The quantitative estimate of drug-likeness (QED) is 0.848. The molecule has 0 aliphatic carbocycles. The molecule has 0 aliphatic rings. The molecule has 0 atom stereocenters. The van der Waals surface area contributed by atoms with E-state index in [1.165, 1.54) is 16.8 Å². The van der Waals surface area contributed by atoms with Crippen molar-refractivity contribution in [2.45, 2.75) is 15.5 Å². The van der Waals surface area contributed by atoms with Crippen LogP contribution in [0.4, 0.5) is 19.1 Å². The average Bonchev–Trinajstić information content (AvgIpc) is 2.68. The summed E-state index contributed by atoms with van der Waals surface area (Å²) in [5, 5.41) is 7.33. The number of anilines is 1. The van der Waals surface area contributed by atoms with Crippen LogP contribution < -0.4 is 5.73 Å².